The molecule has 1 atom stereocenters. The molecule has 0 amide bonds. The number of Topliss-reactive ketones (excluding diaryl/α,β-unsaturated/α-hetero) is 1. The first-order chi connectivity index (χ1) is 11.3. The zero-order chi connectivity index (χ0) is 17.7. The van der Waals surface area contributed by atoms with Gasteiger partial charge in [-0.25, -0.2) is 0 Å². The van der Waals surface area contributed by atoms with Crippen molar-refractivity contribution in [3.63, 3.8) is 0 Å². The highest BCUT2D eigenvalue weighted by atomic mass is 16.5. The summed E-state index contributed by atoms with van der Waals surface area (Å²) in [6.45, 7) is 8.52. The number of benzene rings is 2. The molecule has 0 heterocycles. The van der Waals surface area contributed by atoms with Crippen LogP contribution in [0.2, 0.25) is 0 Å². The third kappa shape index (κ3) is 4.38. The van der Waals surface area contributed by atoms with Crippen LogP contribution in [0.3, 0.4) is 0 Å². The van der Waals surface area contributed by atoms with Crippen molar-refractivity contribution in [2.45, 2.75) is 52.1 Å². The summed E-state index contributed by atoms with van der Waals surface area (Å²) in [6, 6.07) is 15.1. The lowest BCUT2D eigenvalue weighted by atomic mass is 9.86. The fourth-order valence-corrected chi connectivity index (χ4v) is 2.57. The van der Waals surface area contributed by atoms with Crippen molar-refractivity contribution in [2.24, 2.45) is 0 Å². The molecule has 0 spiro atoms. The topological polar surface area (TPSA) is 52.3 Å². The number of anilines is 1. The molecule has 2 aromatic rings. The molecule has 2 aromatic carbocycles. The maximum absolute atomic E-state index is 12.8. The van der Waals surface area contributed by atoms with Gasteiger partial charge in [-0.05, 0) is 29.5 Å². The molecule has 0 radical (unpaired) electrons. The van der Waals surface area contributed by atoms with E-state index < -0.39 is 6.10 Å². The number of ether oxygens (including phenoxy) is 1. The van der Waals surface area contributed by atoms with Crippen LogP contribution in [0.5, 0.6) is 5.75 Å². The number of hydrogen-bond acceptors (Lipinski definition) is 3. The van der Waals surface area contributed by atoms with Gasteiger partial charge >= 0.3 is 0 Å². The van der Waals surface area contributed by atoms with Crippen LogP contribution >= 0.6 is 0 Å². The molecule has 2 rings (SSSR count). The van der Waals surface area contributed by atoms with E-state index in [9.17, 15) is 4.79 Å². The van der Waals surface area contributed by atoms with E-state index in [0.29, 0.717) is 23.4 Å². The van der Waals surface area contributed by atoms with Gasteiger partial charge in [0.25, 0.3) is 0 Å². The highest BCUT2D eigenvalue weighted by Gasteiger charge is 2.23. The Morgan fingerprint density at radius 1 is 1.08 bits per heavy atom. The van der Waals surface area contributed by atoms with Gasteiger partial charge in [0, 0.05) is 5.56 Å². The van der Waals surface area contributed by atoms with Crippen LogP contribution in [-0.4, -0.2) is 11.9 Å². The third-order valence-corrected chi connectivity index (χ3v) is 4.07. The maximum Gasteiger partial charge on any atom is 0.203 e. The van der Waals surface area contributed by atoms with E-state index in [-0.39, 0.29) is 11.2 Å². The smallest absolute Gasteiger partial charge is 0.203 e. The standard InChI is InChI=1S/C21H27NO2/c1-5-8-19(24-18-10-7-6-9-17(18)22)20(23)15-11-13-16(14-12-15)21(2,3)4/h6-7,9-14,19H,5,8,22H2,1-4H3. The fourth-order valence-electron chi connectivity index (χ4n) is 2.57. The van der Waals surface area contributed by atoms with Crippen LogP contribution in [0.15, 0.2) is 48.5 Å². The minimum atomic E-state index is -0.514. The van der Waals surface area contributed by atoms with Crippen LogP contribution in [0.4, 0.5) is 5.69 Å². The molecule has 0 aliphatic heterocycles. The summed E-state index contributed by atoms with van der Waals surface area (Å²) in [5.41, 5.74) is 8.44. The molecule has 0 fully saturated rings. The van der Waals surface area contributed by atoms with Crippen LogP contribution in [-0.2, 0) is 5.41 Å². The van der Waals surface area contributed by atoms with E-state index >= 15 is 0 Å². The Kier molecular flexibility index (Phi) is 5.66. The van der Waals surface area contributed by atoms with E-state index in [1.165, 1.54) is 5.56 Å². The molecular formula is C21H27NO2. The van der Waals surface area contributed by atoms with Crippen molar-refractivity contribution in [1.82, 2.24) is 0 Å². The van der Waals surface area contributed by atoms with E-state index in [2.05, 4.69) is 20.8 Å². The van der Waals surface area contributed by atoms with E-state index in [1.54, 1.807) is 12.1 Å². The lowest BCUT2D eigenvalue weighted by molar-refractivity contribution is 0.0778. The molecule has 0 aliphatic rings. The average Bonchev–Trinajstić information content (AvgIpc) is 2.55. The number of nitrogens with two attached hydrogens (primary N) is 1. The van der Waals surface area contributed by atoms with Gasteiger partial charge in [0.15, 0.2) is 6.10 Å². The highest BCUT2D eigenvalue weighted by molar-refractivity contribution is 5.99. The zero-order valence-corrected chi connectivity index (χ0v) is 15.0. The number of rotatable bonds is 6. The Bertz CT molecular complexity index is 684. The largest absolute Gasteiger partial charge is 0.480 e. The second-order valence-electron chi connectivity index (χ2n) is 7.12. The van der Waals surface area contributed by atoms with Crippen LogP contribution in [0.1, 0.15) is 56.5 Å². The number of para-hydroxylation sites is 2. The third-order valence-electron chi connectivity index (χ3n) is 4.07. The number of carbonyl (C=O) groups excluding carboxylic acids is 1. The van der Waals surface area contributed by atoms with E-state index in [4.69, 9.17) is 10.5 Å². The molecule has 1 unspecified atom stereocenters. The van der Waals surface area contributed by atoms with Crippen LogP contribution in [0.25, 0.3) is 0 Å². The maximum atomic E-state index is 12.8. The van der Waals surface area contributed by atoms with Crippen molar-refractivity contribution in [2.75, 3.05) is 5.73 Å². The molecule has 2 N–H and O–H groups in total. The first kappa shape index (κ1) is 18.1. The highest BCUT2D eigenvalue weighted by Crippen LogP contribution is 2.25. The number of ketones is 1. The fraction of sp³-hybridized carbons (Fsp3) is 0.381. The van der Waals surface area contributed by atoms with Gasteiger partial charge in [0.1, 0.15) is 5.75 Å². The second-order valence-corrected chi connectivity index (χ2v) is 7.12. The number of carbonyl (C=O) groups is 1. The van der Waals surface area contributed by atoms with Crippen LogP contribution < -0.4 is 10.5 Å². The molecule has 3 nitrogen and oxygen atoms in total. The van der Waals surface area contributed by atoms with Gasteiger partial charge in [0.05, 0.1) is 5.69 Å². The predicted octanol–water partition coefficient (Wildman–Crippen LogP) is 5.00. The van der Waals surface area contributed by atoms with Crippen molar-refractivity contribution < 1.29 is 9.53 Å². The van der Waals surface area contributed by atoms with Crippen molar-refractivity contribution >= 4 is 11.5 Å². The van der Waals surface area contributed by atoms with Crippen LogP contribution in [0, 0.1) is 0 Å². The van der Waals surface area contributed by atoms with Gasteiger partial charge in [-0.2, -0.15) is 0 Å². The summed E-state index contributed by atoms with van der Waals surface area (Å²) in [6.07, 6.45) is 1.01. The Labute approximate surface area is 144 Å². The minimum absolute atomic E-state index is 0.000521. The predicted molar refractivity (Wildman–Crippen MR) is 99.7 cm³/mol. The average molecular weight is 325 g/mol. The lowest BCUT2D eigenvalue weighted by Gasteiger charge is -2.21. The van der Waals surface area contributed by atoms with Gasteiger partial charge < -0.3 is 10.5 Å². The molecule has 0 bridgehead atoms. The molecular weight excluding hydrogens is 298 g/mol. The molecule has 128 valence electrons. The summed E-state index contributed by atoms with van der Waals surface area (Å²) >= 11 is 0. The summed E-state index contributed by atoms with van der Waals surface area (Å²) < 4.78 is 5.92. The summed E-state index contributed by atoms with van der Waals surface area (Å²) in [4.78, 5) is 12.8. The Balaban J connectivity index is 2.21. The van der Waals surface area contributed by atoms with E-state index in [1.807, 2.05) is 43.3 Å². The monoisotopic (exact) mass is 325 g/mol. The first-order valence-corrected chi connectivity index (χ1v) is 8.49. The van der Waals surface area contributed by atoms with Gasteiger partial charge in [-0.15, -0.1) is 0 Å². The first-order valence-electron chi connectivity index (χ1n) is 8.49. The number of hydrogen-bond donors (Lipinski definition) is 1. The van der Waals surface area contributed by atoms with Crippen molar-refractivity contribution in [3.8, 4) is 5.75 Å². The second kappa shape index (κ2) is 7.52. The van der Waals surface area contributed by atoms with Gasteiger partial charge in [-0.1, -0.05) is 70.5 Å². The minimum Gasteiger partial charge on any atom is -0.480 e. The Morgan fingerprint density at radius 2 is 1.71 bits per heavy atom. The molecule has 24 heavy (non-hydrogen) atoms. The number of nitrogen functional groups attached to an aromatic ring is 1. The van der Waals surface area contributed by atoms with Gasteiger partial charge in [-0.3, -0.25) is 4.79 Å². The van der Waals surface area contributed by atoms with Gasteiger partial charge in [0.2, 0.25) is 5.78 Å². The normalized spacial score (nSPS) is 12.7. The Hall–Kier alpha value is -2.29. The van der Waals surface area contributed by atoms with Crippen molar-refractivity contribution in [1.29, 1.82) is 0 Å². The quantitative estimate of drug-likeness (QED) is 0.601. The molecule has 0 aromatic heterocycles. The molecule has 0 saturated heterocycles. The Morgan fingerprint density at radius 3 is 2.25 bits per heavy atom. The lowest BCUT2D eigenvalue weighted by Crippen LogP contribution is -2.28. The van der Waals surface area contributed by atoms with Crippen molar-refractivity contribution in [3.05, 3.63) is 59.7 Å². The molecule has 3 heteroatoms. The van der Waals surface area contributed by atoms with E-state index in [0.717, 1.165) is 6.42 Å². The molecule has 0 aliphatic carbocycles. The zero-order valence-electron chi connectivity index (χ0n) is 15.0. The SMILES string of the molecule is CCCC(Oc1ccccc1N)C(=O)c1ccc(C(C)(C)C)cc1. The molecule has 0 saturated carbocycles. The summed E-state index contributed by atoms with van der Waals surface area (Å²) in [7, 11) is 0. The summed E-state index contributed by atoms with van der Waals surface area (Å²) in [5, 5.41) is 0. The summed E-state index contributed by atoms with van der Waals surface area (Å²) in [5.74, 6) is 0.566.